The van der Waals surface area contributed by atoms with Gasteiger partial charge in [0.05, 0.1) is 6.04 Å². The molecule has 1 atom stereocenters. The van der Waals surface area contributed by atoms with Gasteiger partial charge in [0.15, 0.2) is 0 Å². The maximum absolute atomic E-state index is 5.81. The highest BCUT2D eigenvalue weighted by Gasteiger charge is 2.37. The quantitative estimate of drug-likeness (QED) is 0.639. The first-order chi connectivity index (χ1) is 8.07. The van der Waals surface area contributed by atoms with E-state index in [-0.39, 0.29) is 11.6 Å². The summed E-state index contributed by atoms with van der Waals surface area (Å²) in [4.78, 5) is 3.91. The smallest absolute Gasteiger partial charge is 0.0649 e. The monoisotopic (exact) mass is 253 g/mol. The molecule has 1 aliphatic rings. The first-order valence-electron chi connectivity index (χ1n) is 6.32. The first-order valence-corrected chi connectivity index (χ1v) is 7.20. The number of nitrogens with two attached hydrogens (primary N) is 1. The summed E-state index contributed by atoms with van der Waals surface area (Å²) in [6.07, 6.45) is 2.62. The molecule has 1 saturated heterocycles. The standard InChI is InChI=1S/C13H23N3S/c1-10-11(6-9-17-10)12(15-14)13(2,3)16-7-4-5-8-16/h6,9,12,15H,4-5,7-8,14H2,1-3H3. The Morgan fingerprint density at radius 3 is 2.53 bits per heavy atom. The zero-order valence-corrected chi connectivity index (χ0v) is 11.8. The highest BCUT2D eigenvalue weighted by molar-refractivity contribution is 7.10. The summed E-state index contributed by atoms with van der Waals surface area (Å²) >= 11 is 1.79. The van der Waals surface area contributed by atoms with Gasteiger partial charge >= 0.3 is 0 Å². The zero-order valence-electron chi connectivity index (χ0n) is 11.0. The summed E-state index contributed by atoms with van der Waals surface area (Å²) in [5, 5.41) is 2.15. The Kier molecular flexibility index (Phi) is 3.88. The van der Waals surface area contributed by atoms with Gasteiger partial charge in [0, 0.05) is 10.4 Å². The van der Waals surface area contributed by atoms with Gasteiger partial charge in [-0.05, 0) is 63.7 Å². The van der Waals surface area contributed by atoms with E-state index in [2.05, 4.69) is 42.5 Å². The largest absolute Gasteiger partial charge is 0.296 e. The lowest BCUT2D eigenvalue weighted by Crippen LogP contribution is -2.53. The molecule has 0 bridgehead atoms. The van der Waals surface area contributed by atoms with Gasteiger partial charge in [-0.1, -0.05) is 0 Å². The van der Waals surface area contributed by atoms with Crippen molar-refractivity contribution < 1.29 is 0 Å². The predicted molar refractivity (Wildman–Crippen MR) is 74.0 cm³/mol. The zero-order chi connectivity index (χ0) is 12.5. The molecule has 1 unspecified atom stereocenters. The van der Waals surface area contributed by atoms with Crippen LogP contribution >= 0.6 is 11.3 Å². The van der Waals surface area contributed by atoms with Gasteiger partial charge in [0.2, 0.25) is 0 Å². The number of hydrazine groups is 1. The molecule has 17 heavy (non-hydrogen) atoms. The molecule has 2 rings (SSSR count). The number of likely N-dealkylation sites (tertiary alicyclic amines) is 1. The molecule has 0 amide bonds. The molecule has 1 aromatic heterocycles. The van der Waals surface area contributed by atoms with Gasteiger partial charge in [-0.3, -0.25) is 16.2 Å². The van der Waals surface area contributed by atoms with Crippen LogP contribution in [0.1, 0.15) is 43.2 Å². The fourth-order valence-electron chi connectivity index (χ4n) is 2.84. The minimum Gasteiger partial charge on any atom is -0.296 e. The minimum absolute atomic E-state index is 0.0666. The molecule has 0 aliphatic carbocycles. The average Bonchev–Trinajstić information content (AvgIpc) is 2.91. The van der Waals surface area contributed by atoms with Crippen molar-refractivity contribution in [3.63, 3.8) is 0 Å². The average molecular weight is 253 g/mol. The fourth-order valence-corrected chi connectivity index (χ4v) is 3.59. The lowest BCUT2D eigenvalue weighted by molar-refractivity contribution is 0.107. The Bertz CT molecular complexity index is 366. The van der Waals surface area contributed by atoms with Gasteiger partial charge in [-0.2, -0.15) is 0 Å². The lowest BCUT2D eigenvalue weighted by atomic mass is 9.88. The summed E-state index contributed by atoms with van der Waals surface area (Å²) in [5.74, 6) is 5.81. The van der Waals surface area contributed by atoms with Crippen LogP contribution in [0.5, 0.6) is 0 Å². The van der Waals surface area contributed by atoms with Gasteiger partial charge in [-0.15, -0.1) is 11.3 Å². The molecule has 3 N–H and O–H groups in total. The van der Waals surface area contributed by atoms with E-state index in [1.807, 2.05) is 0 Å². The summed E-state index contributed by atoms with van der Waals surface area (Å²) < 4.78 is 0. The van der Waals surface area contributed by atoms with Crippen LogP contribution in [-0.2, 0) is 0 Å². The van der Waals surface area contributed by atoms with Gasteiger partial charge in [0.25, 0.3) is 0 Å². The van der Waals surface area contributed by atoms with Crippen molar-refractivity contribution in [2.24, 2.45) is 5.84 Å². The van der Waals surface area contributed by atoms with Crippen molar-refractivity contribution in [2.75, 3.05) is 13.1 Å². The Morgan fingerprint density at radius 2 is 2.06 bits per heavy atom. The molecule has 1 aliphatic heterocycles. The second kappa shape index (κ2) is 5.06. The van der Waals surface area contributed by atoms with E-state index in [0.717, 1.165) is 0 Å². The number of nitrogens with one attached hydrogen (secondary N) is 1. The first kappa shape index (κ1) is 13.0. The summed E-state index contributed by atoms with van der Waals surface area (Å²) in [7, 11) is 0. The third-order valence-electron chi connectivity index (χ3n) is 4.00. The van der Waals surface area contributed by atoms with E-state index in [1.54, 1.807) is 11.3 Å². The van der Waals surface area contributed by atoms with E-state index < -0.39 is 0 Å². The van der Waals surface area contributed by atoms with Crippen molar-refractivity contribution >= 4 is 11.3 Å². The Balaban J connectivity index is 2.25. The predicted octanol–water partition coefficient (Wildman–Crippen LogP) is 2.44. The highest BCUT2D eigenvalue weighted by Crippen LogP contribution is 2.35. The number of aryl methyl sites for hydroxylation is 1. The van der Waals surface area contributed by atoms with Crippen LogP contribution < -0.4 is 11.3 Å². The van der Waals surface area contributed by atoms with Gasteiger partial charge in [-0.25, -0.2) is 0 Å². The molecule has 0 radical (unpaired) electrons. The molecule has 96 valence electrons. The lowest BCUT2D eigenvalue weighted by Gasteiger charge is -2.42. The molecule has 3 nitrogen and oxygen atoms in total. The highest BCUT2D eigenvalue weighted by atomic mass is 32.1. The van der Waals surface area contributed by atoms with Crippen LogP contribution in [-0.4, -0.2) is 23.5 Å². The molecular formula is C13H23N3S. The molecule has 4 heteroatoms. The van der Waals surface area contributed by atoms with Crippen LogP contribution in [0.4, 0.5) is 0 Å². The summed E-state index contributed by atoms with van der Waals surface area (Å²) in [6.45, 7) is 9.13. The topological polar surface area (TPSA) is 41.3 Å². The van der Waals surface area contributed by atoms with Crippen LogP contribution in [0.3, 0.4) is 0 Å². The SMILES string of the molecule is Cc1sccc1C(NN)C(C)(C)N1CCCC1. The number of thiophene rings is 1. The van der Waals surface area contributed by atoms with E-state index in [1.165, 1.54) is 36.4 Å². The van der Waals surface area contributed by atoms with E-state index in [0.29, 0.717) is 0 Å². The molecule has 1 aromatic rings. The van der Waals surface area contributed by atoms with E-state index >= 15 is 0 Å². The second-order valence-electron chi connectivity index (χ2n) is 5.38. The van der Waals surface area contributed by atoms with E-state index in [9.17, 15) is 0 Å². The summed E-state index contributed by atoms with van der Waals surface area (Å²) in [5.41, 5.74) is 4.44. The fraction of sp³-hybridized carbons (Fsp3) is 0.692. The Hall–Kier alpha value is -0.420. The summed E-state index contributed by atoms with van der Waals surface area (Å²) in [6, 6.07) is 2.40. The van der Waals surface area contributed by atoms with Crippen molar-refractivity contribution in [1.29, 1.82) is 0 Å². The number of hydrogen-bond acceptors (Lipinski definition) is 4. The van der Waals surface area contributed by atoms with Crippen molar-refractivity contribution in [3.8, 4) is 0 Å². The molecule has 0 spiro atoms. The maximum Gasteiger partial charge on any atom is 0.0649 e. The molecular weight excluding hydrogens is 230 g/mol. The van der Waals surface area contributed by atoms with Crippen LogP contribution in [0.25, 0.3) is 0 Å². The van der Waals surface area contributed by atoms with Crippen LogP contribution in [0.15, 0.2) is 11.4 Å². The molecule has 2 heterocycles. The molecule has 0 saturated carbocycles. The third kappa shape index (κ3) is 2.40. The van der Waals surface area contributed by atoms with Gasteiger partial charge < -0.3 is 0 Å². The molecule has 1 fully saturated rings. The third-order valence-corrected chi connectivity index (χ3v) is 4.87. The van der Waals surface area contributed by atoms with Crippen molar-refractivity contribution in [1.82, 2.24) is 10.3 Å². The van der Waals surface area contributed by atoms with Crippen molar-refractivity contribution in [2.45, 2.75) is 45.2 Å². The number of nitrogens with zero attached hydrogens (tertiary/aromatic N) is 1. The Labute approximate surface area is 108 Å². The van der Waals surface area contributed by atoms with Crippen LogP contribution in [0.2, 0.25) is 0 Å². The van der Waals surface area contributed by atoms with Crippen molar-refractivity contribution in [3.05, 3.63) is 21.9 Å². The normalized spacial score (nSPS) is 19.8. The van der Waals surface area contributed by atoms with Crippen LogP contribution in [0, 0.1) is 6.92 Å². The maximum atomic E-state index is 5.81. The van der Waals surface area contributed by atoms with Gasteiger partial charge in [0.1, 0.15) is 0 Å². The number of rotatable bonds is 4. The second-order valence-corrected chi connectivity index (χ2v) is 6.50. The Morgan fingerprint density at radius 1 is 1.41 bits per heavy atom. The number of hydrogen-bond donors (Lipinski definition) is 2. The molecule has 0 aromatic carbocycles. The minimum atomic E-state index is 0.0666. The van der Waals surface area contributed by atoms with E-state index in [4.69, 9.17) is 5.84 Å².